The normalized spacial score (nSPS) is 30.4. The maximum absolute atomic E-state index is 5.94. The fourth-order valence-electron chi connectivity index (χ4n) is 3.78. The first-order valence-electron chi connectivity index (χ1n) is 7.87. The Bertz CT molecular complexity index is 457. The van der Waals surface area contributed by atoms with Crippen molar-refractivity contribution in [3.8, 4) is 0 Å². The van der Waals surface area contributed by atoms with Crippen LogP contribution < -0.4 is 10.6 Å². The second-order valence-electron chi connectivity index (χ2n) is 6.17. The summed E-state index contributed by atoms with van der Waals surface area (Å²) in [5.74, 6) is 0.751. The molecule has 0 radical (unpaired) electrons. The van der Waals surface area contributed by atoms with Crippen molar-refractivity contribution >= 4 is 17.3 Å². The van der Waals surface area contributed by atoms with Crippen LogP contribution in [0.5, 0.6) is 0 Å². The summed E-state index contributed by atoms with van der Waals surface area (Å²) in [5, 5.41) is 8.01. The molecule has 1 aromatic rings. The Hall–Kier alpha value is -0.800. The van der Waals surface area contributed by atoms with Gasteiger partial charge in [-0.15, -0.1) is 0 Å². The van der Waals surface area contributed by atoms with Crippen molar-refractivity contribution < 1.29 is 0 Å². The lowest BCUT2D eigenvalue weighted by Gasteiger charge is -2.37. The van der Waals surface area contributed by atoms with Gasteiger partial charge in [0.25, 0.3) is 0 Å². The quantitative estimate of drug-likeness (QED) is 0.833. The van der Waals surface area contributed by atoms with Crippen LogP contribution in [0, 0.1) is 12.8 Å². The number of halogens is 1. The molecule has 20 heavy (non-hydrogen) atoms. The fourth-order valence-corrected chi connectivity index (χ4v) is 3.97. The van der Waals surface area contributed by atoms with Gasteiger partial charge in [-0.1, -0.05) is 24.4 Å². The van der Waals surface area contributed by atoms with E-state index in [2.05, 4.69) is 21.7 Å². The van der Waals surface area contributed by atoms with Gasteiger partial charge in [-0.05, 0) is 57.2 Å². The standard InChI is InChI=1S/C16H24ClN3/c1-11-13(8-9-16(17)19-11)20-15-6-3-2-5-12(15)14-7-4-10-18-14/h8-9,12,14-15,18,20H,2-7,10H2,1H3. The average molecular weight is 294 g/mol. The first-order chi connectivity index (χ1) is 9.74. The molecule has 3 unspecified atom stereocenters. The molecule has 0 aromatic carbocycles. The molecule has 2 aliphatic rings. The summed E-state index contributed by atoms with van der Waals surface area (Å²) < 4.78 is 0. The lowest BCUT2D eigenvalue weighted by Crippen LogP contribution is -2.43. The number of rotatable bonds is 3. The SMILES string of the molecule is Cc1nc(Cl)ccc1NC1CCCCC1C1CCCN1. The number of nitrogens with zero attached hydrogens (tertiary/aromatic N) is 1. The zero-order valence-electron chi connectivity index (χ0n) is 12.2. The molecule has 1 aliphatic carbocycles. The third kappa shape index (κ3) is 3.09. The van der Waals surface area contributed by atoms with Gasteiger partial charge in [-0.3, -0.25) is 0 Å². The molecule has 3 atom stereocenters. The Labute approximate surface area is 126 Å². The molecule has 3 nitrogen and oxygen atoms in total. The summed E-state index contributed by atoms with van der Waals surface area (Å²) in [7, 11) is 0. The van der Waals surface area contributed by atoms with Gasteiger partial charge in [-0.2, -0.15) is 0 Å². The van der Waals surface area contributed by atoms with E-state index in [0.717, 1.165) is 17.3 Å². The molecule has 110 valence electrons. The maximum Gasteiger partial charge on any atom is 0.129 e. The smallest absolute Gasteiger partial charge is 0.129 e. The van der Waals surface area contributed by atoms with Crippen molar-refractivity contribution in [3.05, 3.63) is 23.0 Å². The zero-order valence-corrected chi connectivity index (χ0v) is 12.9. The predicted octanol–water partition coefficient (Wildman–Crippen LogP) is 3.77. The van der Waals surface area contributed by atoms with E-state index in [4.69, 9.17) is 11.6 Å². The molecule has 1 saturated carbocycles. The van der Waals surface area contributed by atoms with Crippen LogP contribution in [-0.4, -0.2) is 23.6 Å². The Morgan fingerprint density at radius 1 is 1.20 bits per heavy atom. The van der Waals surface area contributed by atoms with Crippen LogP contribution in [0.25, 0.3) is 0 Å². The van der Waals surface area contributed by atoms with Gasteiger partial charge in [0.1, 0.15) is 5.15 Å². The molecule has 2 N–H and O–H groups in total. The van der Waals surface area contributed by atoms with Gasteiger partial charge < -0.3 is 10.6 Å². The minimum absolute atomic E-state index is 0.570. The third-order valence-electron chi connectivity index (χ3n) is 4.83. The van der Waals surface area contributed by atoms with Crippen LogP contribution in [0.15, 0.2) is 12.1 Å². The van der Waals surface area contributed by atoms with Gasteiger partial charge in [0.15, 0.2) is 0 Å². The minimum Gasteiger partial charge on any atom is -0.381 e. The second kappa shape index (κ2) is 6.31. The van der Waals surface area contributed by atoms with E-state index in [1.54, 1.807) is 0 Å². The molecule has 3 rings (SSSR count). The molecule has 1 aliphatic heterocycles. The number of hydrogen-bond acceptors (Lipinski definition) is 3. The summed E-state index contributed by atoms with van der Waals surface area (Å²) in [6.45, 7) is 3.22. The largest absolute Gasteiger partial charge is 0.381 e. The van der Waals surface area contributed by atoms with E-state index in [-0.39, 0.29) is 0 Å². The number of aromatic nitrogens is 1. The van der Waals surface area contributed by atoms with Gasteiger partial charge in [0.2, 0.25) is 0 Å². The van der Waals surface area contributed by atoms with E-state index in [9.17, 15) is 0 Å². The lowest BCUT2D eigenvalue weighted by molar-refractivity contribution is 0.262. The second-order valence-corrected chi connectivity index (χ2v) is 6.56. The number of aryl methyl sites for hydroxylation is 1. The first kappa shape index (κ1) is 14.2. The van der Waals surface area contributed by atoms with Crippen LogP contribution in [0.1, 0.15) is 44.2 Å². The van der Waals surface area contributed by atoms with E-state index in [1.807, 2.05) is 13.0 Å². The molecule has 2 heterocycles. The third-order valence-corrected chi connectivity index (χ3v) is 5.04. The van der Waals surface area contributed by atoms with Crippen LogP contribution >= 0.6 is 11.6 Å². The number of hydrogen-bond donors (Lipinski definition) is 2. The summed E-state index contributed by atoms with van der Waals surface area (Å²) in [6.07, 6.45) is 7.98. The highest BCUT2D eigenvalue weighted by atomic mass is 35.5. The molecule has 2 fully saturated rings. The number of pyridine rings is 1. The highest BCUT2D eigenvalue weighted by Crippen LogP contribution is 2.33. The van der Waals surface area contributed by atoms with Crippen molar-refractivity contribution in [3.63, 3.8) is 0 Å². The monoisotopic (exact) mass is 293 g/mol. The summed E-state index contributed by atoms with van der Waals surface area (Å²) in [4.78, 5) is 4.35. The molecule has 1 saturated heterocycles. The highest BCUT2D eigenvalue weighted by molar-refractivity contribution is 6.29. The van der Waals surface area contributed by atoms with Crippen molar-refractivity contribution in [2.24, 2.45) is 5.92 Å². The topological polar surface area (TPSA) is 37.0 Å². The Kier molecular flexibility index (Phi) is 4.47. The summed E-state index contributed by atoms with van der Waals surface area (Å²) in [6, 6.07) is 5.22. The number of nitrogens with one attached hydrogen (secondary N) is 2. The van der Waals surface area contributed by atoms with E-state index in [0.29, 0.717) is 17.2 Å². The van der Waals surface area contributed by atoms with Crippen LogP contribution in [0.2, 0.25) is 5.15 Å². The molecule has 1 aromatic heterocycles. The van der Waals surface area contributed by atoms with E-state index < -0.39 is 0 Å². The van der Waals surface area contributed by atoms with Gasteiger partial charge in [0, 0.05) is 12.1 Å². The lowest BCUT2D eigenvalue weighted by atomic mass is 9.79. The van der Waals surface area contributed by atoms with E-state index in [1.165, 1.54) is 45.1 Å². The molecule has 0 spiro atoms. The zero-order chi connectivity index (χ0) is 13.9. The minimum atomic E-state index is 0.570. The van der Waals surface area contributed by atoms with Crippen LogP contribution in [0.4, 0.5) is 5.69 Å². The van der Waals surface area contributed by atoms with Crippen molar-refractivity contribution in [1.82, 2.24) is 10.3 Å². The van der Waals surface area contributed by atoms with Crippen LogP contribution in [0.3, 0.4) is 0 Å². The highest BCUT2D eigenvalue weighted by Gasteiger charge is 2.33. The molecular formula is C16H24ClN3. The van der Waals surface area contributed by atoms with Crippen molar-refractivity contribution in [1.29, 1.82) is 0 Å². The van der Waals surface area contributed by atoms with Gasteiger partial charge >= 0.3 is 0 Å². The predicted molar refractivity (Wildman–Crippen MR) is 84.4 cm³/mol. The fraction of sp³-hybridized carbons (Fsp3) is 0.688. The van der Waals surface area contributed by atoms with Crippen LogP contribution in [-0.2, 0) is 0 Å². The first-order valence-corrected chi connectivity index (χ1v) is 8.25. The Morgan fingerprint density at radius 2 is 2.05 bits per heavy atom. The van der Waals surface area contributed by atoms with Gasteiger partial charge in [0.05, 0.1) is 11.4 Å². The molecule has 4 heteroatoms. The van der Waals surface area contributed by atoms with Crippen molar-refractivity contribution in [2.45, 2.75) is 57.5 Å². The molecular weight excluding hydrogens is 270 g/mol. The molecule has 0 bridgehead atoms. The average Bonchev–Trinajstić information content (AvgIpc) is 2.96. The Morgan fingerprint density at radius 3 is 2.80 bits per heavy atom. The summed E-state index contributed by atoms with van der Waals surface area (Å²) >= 11 is 5.94. The Balaban J connectivity index is 1.72. The van der Waals surface area contributed by atoms with Crippen molar-refractivity contribution in [2.75, 3.05) is 11.9 Å². The van der Waals surface area contributed by atoms with Gasteiger partial charge in [-0.25, -0.2) is 4.98 Å². The van der Waals surface area contributed by atoms with E-state index >= 15 is 0 Å². The molecule has 0 amide bonds. The number of anilines is 1. The maximum atomic E-state index is 5.94. The summed E-state index contributed by atoms with van der Waals surface area (Å²) in [5.41, 5.74) is 2.14.